The molecule has 3 aromatic rings. The van der Waals surface area contributed by atoms with Crippen molar-refractivity contribution < 1.29 is 14.3 Å². The molecule has 4 rings (SSSR count). The van der Waals surface area contributed by atoms with E-state index < -0.39 is 0 Å². The Morgan fingerprint density at radius 3 is 2.67 bits per heavy atom. The van der Waals surface area contributed by atoms with Gasteiger partial charge in [-0.15, -0.1) is 0 Å². The average Bonchev–Trinajstić information content (AvgIpc) is 3.08. The Hall–Kier alpha value is -2.99. The van der Waals surface area contributed by atoms with Crippen molar-refractivity contribution in [1.82, 2.24) is 15.1 Å². The minimum absolute atomic E-state index is 0.199. The summed E-state index contributed by atoms with van der Waals surface area (Å²) < 4.78 is 12.8. The second kappa shape index (κ2) is 7.32. The maximum Gasteiger partial charge on any atom is 0.270 e. The Morgan fingerprint density at radius 1 is 1.15 bits per heavy atom. The highest BCUT2D eigenvalue weighted by molar-refractivity contribution is 6.30. The number of fused-ring (bicyclic) bond motifs is 1. The van der Waals surface area contributed by atoms with E-state index in [9.17, 15) is 4.79 Å². The number of hydrogen-bond acceptors (Lipinski definition) is 4. The summed E-state index contributed by atoms with van der Waals surface area (Å²) in [5.74, 6) is 1.19. The van der Waals surface area contributed by atoms with Gasteiger partial charge in [0.1, 0.15) is 18.9 Å². The molecule has 138 valence electrons. The second-order valence-corrected chi connectivity index (χ2v) is 6.63. The molecule has 0 saturated heterocycles. The highest BCUT2D eigenvalue weighted by atomic mass is 35.5. The van der Waals surface area contributed by atoms with Crippen molar-refractivity contribution in [2.24, 2.45) is 7.05 Å². The first-order chi connectivity index (χ1) is 13.1. The number of hydrogen-bond donors (Lipinski definition) is 1. The molecule has 6 nitrogen and oxygen atoms in total. The monoisotopic (exact) mass is 383 g/mol. The van der Waals surface area contributed by atoms with Crippen LogP contribution < -0.4 is 14.8 Å². The molecule has 7 heteroatoms. The topological polar surface area (TPSA) is 65.4 Å². The molecular weight excluding hydrogens is 366 g/mol. The standard InChI is InChI=1S/C20H18ClN3O3/c1-24-19(20(25)22-11-13-2-5-15(21)6-3-13)16(12-23-24)14-4-7-17-18(10-14)27-9-8-26-17/h2-7,10,12H,8-9,11H2,1H3,(H,22,25). The third-order valence-corrected chi connectivity index (χ3v) is 4.63. The van der Waals surface area contributed by atoms with Crippen molar-refractivity contribution in [2.75, 3.05) is 13.2 Å². The zero-order chi connectivity index (χ0) is 18.8. The first-order valence-electron chi connectivity index (χ1n) is 8.56. The Kier molecular flexibility index (Phi) is 4.73. The number of nitrogens with one attached hydrogen (secondary N) is 1. The molecule has 0 bridgehead atoms. The lowest BCUT2D eigenvalue weighted by Gasteiger charge is -2.19. The summed E-state index contributed by atoms with van der Waals surface area (Å²) in [5, 5.41) is 7.86. The molecule has 2 aromatic carbocycles. The number of aromatic nitrogens is 2. The molecule has 0 aliphatic carbocycles. The van der Waals surface area contributed by atoms with Gasteiger partial charge >= 0.3 is 0 Å². The van der Waals surface area contributed by atoms with Crippen LogP contribution >= 0.6 is 11.6 Å². The molecule has 1 N–H and O–H groups in total. The zero-order valence-electron chi connectivity index (χ0n) is 14.7. The number of carbonyl (C=O) groups is 1. The fourth-order valence-electron chi connectivity index (χ4n) is 3.00. The minimum atomic E-state index is -0.199. The Morgan fingerprint density at radius 2 is 1.89 bits per heavy atom. The van der Waals surface area contributed by atoms with Gasteiger partial charge in [0.15, 0.2) is 11.5 Å². The number of benzene rings is 2. The van der Waals surface area contributed by atoms with E-state index in [1.54, 1.807) is 30.1 Å². The summed E-state index contributed by atoms with van der Waals surface area (Å²) in [6, 6.07) is 13.0. The van der Waals surface area contributed by atoms with Crippen LogP contribution in [0, 0.1) is 0 Å². The molecule has 1 aliphatic heterocycles. The van der Waals surface area contributed by atoms with Crippen LogP contribution in [0.2, 0.25) is 5.02 Å². The van der Waals surface area contributed by atoms with E-state index in [0.29, 0.717) is 42.0 Å². The van der Waals surface area contributed by atoms with Crippen molar-refractivity contribution in [3.05, 3.63) is 64.9 Å². The third kappa shape index (κ3) is 3.61. The summed E-state index contributed by atoms with van der Waals surface area (Å²) in [6.45, 7) is 1.46. The number of carbonyl (C=O) groups excluding carboxylic acids is 1. The molecule has 1 aromatic heterocycles. The molecule has 0 spiro atoms. The van der Waals surface area contributed by atoms with Gasteiger partial charge in [-0.05, 0) is 35.4 Å². The number of ether oxygens (including phenoxy) is 2. The van der Waals surface area contributed by atoms with Gasteiger partial charge in [-0.25, -0.2) is 0 Å². The van der Waals surface area contributed by atoms with E-state index >= 15 is 0 Å². The average molecular weight is 384 g/mol. The largest absolute Gasteiger partial charge is 0.486 e. The van der Waals surface area contributed by atoms with Crippen molar-refractivity contribution in [3.63, 3.8) is 0 Å². The van der Waals surface area contributed by atoms with E-state index in [-0.39, 0.29) is 5.91 Å². The minimum Gasteiger partial charge on any atom is -0.486 e. The highest BCUT2D eigenvalue weighted by Gasteiger charge is 2.20. The molecule has 1 aliphatic rings. The van der Waals surface area contributed by atoms with Crippen LogP contribution in [0.25, 0.3) is 11.1 Å². The summed E-state index contributed by atoms with van der Waals surface area (Å²) in [7, 11) is 1.75. The lowest BCUT2D eigenvalue weighted by atomic mass is 10.0. The Bertz CT molecular complexity index is 983. The summed E-state index contributed by atoms with van der Waals surface area (Å²) >= 11 is 5.90. The second-order valence-electron chi connectivity index (χ2n) is 6.20. The molecule has 0 radical (unpaired) electrons. The molecule has 1 amide bonds. The van der Waals surface area contributed by atoms with Gasteiger partial charge in [0.05, 0.1) is 6.20 Å². The van der Waals surface area contributed by atoms with Crippen LogP contribution in [0.15, 0.2) is 48.7 Å². The van der Waals surface area contributed by atoms with E-state index in [0.717, 1.165) is 16.7 Å². The van der Waals surface area contributed by atoms with Crippen LogP contribution in [0.3, 0.4) is 0 Å². The molecule has 27 heavy (non-hydrogen) atoms. The first-order valence-corrected chi connectivity index (χ1v) is 8.94. The Balaban J connectivity index is 1.57. The van der Waals surface area contributed by atoms with Gasteiger partial charge in [-0.1, -0.05) is 29.8 Å². The maximum absolute atomic E-state index is 12.8. The number of halogens is 1. The molecule has 2 heterocycles. The Labute approximate surface area is 161 Å². The summed E-state index contributed by atoms with van der Waals surface area (Å²) in [5.41, 5.74) is 3.04. The van der Waals surface area contributed by atoms with Gasteiger partial charge in [-0.2, -0.15) is 5.10 Å². The first kappa shape index (κ1) is 17.4. The van der Waals surface area contributed by atoms with Crippen LogP contribution in [0.4, 0.5) is 0 Å². The van der Waals surface area contributed by atoms with Crippen molar-refractivity contribution >= 4 is 17.5 Å². The van der Waals surface area contributed by atoms with Crippen molar-refractivity contribution in [2.45, 2.75) is 6.54 Å². The van der Waals surface area contributed by atoms with E-state index in [2.05, 4.69) is 10.4 Å². The quantitative estimate of drug-likeness (QED) is 0.749. The molecule has 0 saturated carbocycles. The summed E-state index contributed by atoms with van der Waals surface area (Å²) in [6.07, 6.45) is 1.68. The van der Waals surface area contributed by atoms with Gasteiger partial charge in [-0.3, -0.25) is 9.48 Å². The van der Waals surface area contributed by atoms with Gasteiger partial charge in [0, 0.05) is 24.2 Å². The van der Waals surface area contributed by atoms with Crippen LogP contribution in [0.1, 0.15) is 16.1 Å². The molecule has 0 atom stereocenters. The van der Waals surface area contributed by atoms with Gasteiger partial charge in [0.25, 0.3) is 5.91 Å². The molecule has 0 unspecified atom stereocenters. The smallest absolute Gasteiger partial charge is 0.270 e. The number of aryl methyl sites for hydroxylation is 1. The van der Waals surface area contributed by atoms with Crippen molar-refractivity contribution in [3.8, 4) is 22.6 Å². The summed E-state index contributed by atoms with van der Waals surface area (Å²) in [4.78, 5) is 12.8. The van der Waals surface area contributed by atoms with Gasteiger partial charge < -0.3 is 14.8 Å². The third-order valence-electron chi connectivity index (χ3n) is 4.37. The SMILES string of the molecule is Cn1ncc(-c2ccc3c(c2)OCCO3)c1C(=O)NCc1ccc(Cl)cc1. The number of nitrogens with zero attached hydrogens (tertiary/aromatic N) is 2. The lowest BCUT2D eigenvalue weighted by Crippen LogP contribution is -2.25. The van der Waals surface area contributed by atoms with Crippen LogP contribution in [0.5, 0.6) is 11.5 Å². The number of rotatable bonds is 4. The number of amides is 1. The molecule has 0 fully saturated rings. The van der Waals surface area contributed by atoms with E-state index in [1.807, 2.05) is 30.3 Å². The van der Waals surface area contributed by atoms with Crippen molar-refractivity contribution in [1.29, 1.82) is 0 Å². The van der Waals surface area contributed by atoms with Crippen LogP contribution in [-0.2, 0) is 13.6 Å². The van der Waals surface area contributed by atoms with Crippen LogP contribution in [-0.4, -0.2) is 28.9 Å². The fourth-order valence-corrected chi connectivity index (χ4v) is 3.12. The van der Waals surface area contributed by atoms with E-state index in [4.69, 9.17) is 21.1 Å². The normalized spacial score (nSPS) is 12.7. The van der Waals surface area contributed by atoms with Gasteiger partial charge in [0.2, 0.25) is 0 Å². The highest BCUT2D eigenvalue weighted by Crippen LogP contribution is 2.35. The predicted molar refractivity (Wildman–Crippen MR) is 102 cm³/mol. The predicted octanol–water partition coefficient (Wildman–Crippen LogP) is 3.44. The zero-order valence-corrected chi connectivity index (χ0v) is 15.5. The lowest BCUT2D eigenvalue weighted by molar-refractivity contribution is 0.0942. The fraction of sp³-hybridized carbons (Fsp3) is 0.200. The van der Waals surface area contributed by atoms with E-state index in [1.165, 1.54) is 0 Å². The molecular formula is C20H18ClN3O3. The maximum atomic E-state index is 12.8.